The van der Waals surface area contributed by atoms with E-state index in [4.69, 9.17) is 0 Å². The molecule has 5 heteroatoms. The van der Waals surface area contributed by atoms with E-state index >= 15 is 0 Å². The lowest BCUT2D eigenvalue weighted by atomic mass is 9.78. The number of nitrogens with zero attached hydrogens (tertiary/aromatic N) is 1. The van der Waals surface area contributed by atoms with Gasteiger partial charge < -0.3 is 0 Å². The molecule has 1 saturated heterocycles. The lowest BCUT2D eigenvalue weighted by molar-refractivity contribution is -0.138. The first-order valence-electron chi connectivity index (χ1n) is 5.31. The third-order valence-electron chi connectivity index (χ3n) is 2.94. The Hall–Kier alpha value is -1.23. The summed E-state index contributed by atoms with van der Waals surface area (Å²) < 4.78 is 0. The van der Waals surface area contributed by atoms with E-state index in [0.29, 0.717) is 6.42 Å². The van der Waals surface area contributed by atoms with Crippen LogP contribution in [0.25, 0.3) is 0 Å². The summed E-state index contributed by atoms with van der Waals surface area (Å²) in [6.45, 7) is 4.02. The van der Waals surface area contributed by atoms with Gasteiger partial charge >= 0.3 is 0 Å². The molecule has 1 N–H and O–H groups in total. The summed E-state index contributed by atoms with van der Waals surface area (Å²) in [5.41, 5.74) is 1.74. The smallest absolute Gasteiger partial charge is 0.230 e. The van der Waals surface area contributed by atoms with Crippen molar-refractivity contribution in [2.45, 2.75) is 26.2 Å². The Bertz CT molecular complexity index is 400. The zero-order valence-electron chi connectivity index (χ0n) is 9.27. The Balaban J connectivity index is 2.31. The van der Waals surface area contributed by atoms with Crippen LogP contribution in [0, 0.1) is 11.8 Å². The molecule has 2 amide bonds. The standard InChI is InChI=1S/C11H14N2O2S/c1-6(2)10-7(8-4-12-5-16-8)3-9(14)13-11(10)15/h4-7,10H,3H2,1-2H3,(H,13,14,15). The van der Waals surface area contributed by atoms with Gasteiger partial charge in [-0.05, 0) is 5.92 Å². The number of aromatic nitrogens is 1. The second-order valence-electron chi connectivity index (χ2n) is 4.40. The van der Waals surface area contributed by atoms with E-state index in [1.807, 2.05) is 13.8 Å². The summed E-state index contributed by atoms with van der Waals surface area (Å²) in [6.07, 6.45) is 2.15. The number of hydrogen-bond donors (Lipinski definition) is 1. The number of carbonyl (C=O) groups excluding carboxylic acids is 2. The highest BCUT2D eigenvalue weighted by Crippen LogP contribution is 2.37. The summed E-state index contributed by atoms with van der Waals surface area (Å²) >= 11 is 1.51. The molecule has 2 heterocycles. The summed E-state index contributed by atoms with van der Waals surface area (Å²) in [7, 11) is 0. The van der Waals surface area contributed by atoms with Crippen molar-refractivity contribution >= 4 is 23.2 Å². The lowest BCUT2D eigenvalue weighted by Crippen LogP contribution is -2.46. The molecule has 4 nitrogen and oxygen atoms in total. The van der Waals surface area contributed by atoms with Gasteiger partial charge in [0.15, 0.2) is 0 Å². The van der Waals surface area contributed by atoms with Crippen LogP contribution >= 0.6 is 11.3 Å². The molecular formula is C11H14N2O2S. The van der Waals surface area contributed by atoms with Crippen LogP contribution in [0.5, 0.6) is 0 Å². The number of nitrogens with one attached hydrogen (secondary N) is 1. The van der Waals surface area contributed by atoms with Crippen LogP contribution in [0.1, 0.15) is 31.1 Å². The Morgan fingerprint density at radius 3 is 2.81 bits per heavy atom. The molecule has 1 aliphatic rings. The highest BCUT2D eigenvalue weighted by atomic mass is 32.1. The second-order valence-corrected chi connectivity index (χ2v) is 5.31. The van der Waals surface area contributed by atoms with Crippen LogP contribution < -0.4 is 5.32 Å². The van der Waals surface area contributed by atoms with Gasteiger partial charge in [-0.1, -0.05) is 13.8 Å². The van der Waals surface area contributed by atoms with Crippen LogP contribution in [0.2, 0.25) is 0 Å². The monoisotopic (exact) mass is 238 g/mol. The number of amides is 2. The number of hydrogen-bond acceptors (Lipinski definition) is 4. The molecule has 1 aromatic heterocycles. The summed E-state index contributed by atoms with van der Waals surface area (Å²) in [6, 6.07) is 0. The van der Waals surface area contributed by atoms with E-state index in [-0.39, 0.29) is 29.6 Å². The minimum absolute atomic E-state index is 0.00579. The highest BCUT2D eigenvalue weighted by Gasteiger charge is 2.39. The van der Waals surface area contributed by atoms with Crippen molar-refractivity contribution in [2.24, 2.45) is 11.8 Å². The zero-order chi connectivity index (χ0) is 11.7. The van der Waals surface area contributed by atoms with Crippen molar-refractivity contribution in [2.75, 3.05) is 0 Å². The Morgan fingerprint density at radius 2 is 2.25 bits per heavy atom. The average molecular weight is 238 g/mol. The number of thiazole rings is 1. The van der Waals surface area contributed by atoms with Crippen molar-refractivity contribution < 1.29 is 9.59 Å². The van der Waals surface area contributed by atoms with Crippen molar-refractivity contribution in [1.82, 2.24) is 10.3 Å². The minimum Gasteiger partial charge on any atom is -0.296 e. The largest absolute Gasteiger partial charge is 0.296 e. The quantitative estimate of drug-likeness (QED) is 0.795. The highest BCUT2D eigenvalue weighted by molar-refractivity contribution is 7.09. The van der Waals surface area contributed by atoms with Crippen molar-refractivity contribution in [3.05, 3.63) is 16.6 Å². The Morgan fingerprint density at radius 1 is 1.50 bits per heavy atom. The van der Waals surface area contributed by atoms with Gasteiger partial charge in [0, 0.05) is 29.3 Å². The van der Waals surface area contributed by atoms with E-state index in [0.717, 1.165) is 4.88 Å². The predicted molar refractivity (Wildman–Crippen MR) is 60.9 cm³/mol. The van der Waals surface area contributed by atoms with Crippen LogP contribution in [0.15, 0.2) is 11.7 Å². The van der Waals surface area contributed by atoms with Crippen LogP contribution in [-0.2, 0) is 9.59 Å². The molecule has 0 bridgehead atoms. The number of piperidine rings is 1. The average Bonchev–Trinajstić information content (AvgIpc) is 2.67. The van der Waals surface area contributed by atoms with Gasteiger partial charge in [-0.3, -0.25) is 19.9 Å². The van der Waals surface area contributed by atoms with E-state index < -0.39 is 0 Å². The molecule has 0 saturated carbocycles. The third kappa shape index (κ3) is 2.00. The fraction of sp³-hybridized carbons (Fsp3) is 0.545. The van der Waals surface area contributed by atoms with Crippen LogP contribution in [0.3, 0.4) is 0 Å². The van der Waals surface area contributed by atoms with Gasteiger partial charge in [0.2, 0.25) is 11.8 Å². The summed E-state index contributed by atoms with van der Waals surface area (Å²) in [5.74, 6) is -0.239. The second kappa shape index (κ2) is 4.33. The van der Waals surface area contributed by atoms with E-state index in [1.54, 1.807) is 11.7 Å². The first-order chi connectivity index (χ1) is 7.59. The summed E-state index contributed by atoms with van der Waals surface area (Å²) in [5, 5.41) is 2.41. The zero-order valence-corrected chi connectivity index (χ0v) is 10.1. The molecule has 1 fully saturated rings. The first-order valence-corrected chi connectivity index (χ1v) is 6.19. The molecule has 1 aromatic rings. The molecule has 0 radical (unpaired) electrons. The maximum atomic E-state index is 11.8. The molecule has 86 valence electrons. The van der Waals surface area contributed by atoms with E-state index in [1.165, 1.54) is 11.3 Å². The van der Waals surface area contributed by atoms with Crippen LogP contribution in [0.4, 0.5) is 0 Å². The van der Waals surface area contributed by atoms with E-state index in [9.17, 15) is 9.59 Å². The Labute approximate surface area is 98.1 Å². The normalized spacial score (nSPS) is 25.9. The Kier molecular flexibility index (Phi) is 3.05. The predicted octanol–water partition coefficient (Wildman–Crippen LogP) is 1.55. The maximum absolute atomic E-state index is 11.8. The van der Waals surface area contributed by atoms with Gasteiger partial charge in [0.25, 0.3) is 0 Å². The molecule has 2 unspecified atom stereocenters. The molecular weight excluding hydrogens is 224 g/mol. The molecule has 2 rings (SSSR count). The lowest BCUT2D eigenvalue weighted by Gasteiger charge is -2.31. The fourth-order valence-corrected chi connectivity index (χ4v) is 3.00. The molecule has 1 aliphatic heterocycles. The summed E-state index contributed by atoms with van der Waals surface area (Å²) in [4.78, 5) is 28.2. The fourth-order valence-electron chi connectivity index (χ4n) is 2.23. The SMILES string of the molecule is CC(C)C1C(=O)NC(=O)CC1c1cncs1. The molecule has 0 aliphatic carbocycles. The van der Waals surface area contributed by atoms with Crippen LogP contribution in [-0.4, -0.2) is 16.8 Å². The first kappa shape index (κ1) is 11.3. The van der Waals surface area contributed by atoms with Gasteiger partial charge in [0.05, 0.1) is 5.51 Å². The third-order valence-corrected chi connectivity index (χ3v) is 3.85. The van der Waals surface area contributed by atoms with Crippen molar-refractivity contribution in [1.29, 1.82) is 0 Å². The van der Waals surface area contributed by atoms with Gasteiger partial charge in [0.1, 0.15) is 0 Å². The van der Waals surface area contributed by atoms with Crippen molar-refractivity contribution in [3.63, 3.8) is 0 Å². The number of carbonyl (C=O) groups is 2. The molecule has 0 spiro atoms. The number of imide groups is 1. The van der Waals surface area contributed by atoms with Gasteiger partial charge in [-0.15, -0.1) is 11.3 Å². The topological polar surface area (TPSA) is 59.1 Å². The van der Waals surface area contributed by atoms with E-state index in [2.05, 4.69) is 10.3 Å². The van der Waals surface area contributed by atoms with Gasteiger partial charge in [-0.25, -0.2) is 0 Å². The molecule has 0 aromatic carbocycles. The van der Waals surface area contributed by atoms with Crippen molar-refractivity contribution in [3.8, 4) is 0 Å². The maximum Gasteiger partial charge on any atom is 0.230 e. The molecule has 16 heavy (non-hydrogen) atoms. The van der Waals surface area contributed by atoms with Gasteiger partial charge in [-0.2, -0.15) is 0 Å². The minimum atomic E-state index is -0.180. The number of rotatable bonds is 2. The molecule has 2 atom stereocenters.